The number of ether oxygens (including phenoxy) is 1. The van der Waals surface area contributed by atoms with Crippen LogP contribution in [0.3, 0.4) is 0 Å². The number of rotatable bonds is 3. The van der Waals surface area contributed by atoms with Gasteiger partial charge in [-0.3, -0.25) is 4.84 Å². The summed E-state index contributed by atoms with van der Waals surface area (Å²) in [5, 5.41) is 0. The highest BCUT2D eigenvalue weighted by atomic mass is 79.9. The Morgan fingerprint density at radius 2 is 2.17 bits per heavy atom. The molecule has 3 nitrogen and oxygen atoms in total. The predicted octanol–water partition coefficient (Wildman–Crippen LogP) is 1.85. The first-order chi connectivity index (χ1) is 5.76. The van der Waals surface area contributed by atoms with Gasteiger partial charge in [-0.05, 0) is 23.8 Å². The third-order valence-electron chi connectivity index (χ3n) is 1.42. The van der Waals surface area contributed by atoms with E-state index < -0.39 is 0 Å². The number of methoxy groups -OCH3 is 1. The lowest BCUT2D eigenvalue weighted by Gasteiger charge is -2.04. The molecule has 0 radical (unpaired) electrons. The van der Waals surface area contributed by atoms with Crippen LogP contribution in [0.5, 0.6) is 5.75 Å². The van der Waals surface area contributed by atoms with Crippen molar-refractivity contribution in [2.45, 2.75) is 6.61 Å². The van der Waals surface area contributed by atoms with E-state index in [9.17, 15) is 0 Å². The van der Waals surface area contributed by atoms with Crippen molar-refractivity contribution < 1.29 is 9.57 Å². The van der Waals surface area contributed by atoms with Gasteiger partial charge in [-0.15, -0.1) is 0 Å². The zero-order valence-corrected chi connectivity index (χ0v) is 8.30. The van der Waals surface area contributed by atoms with Crippen LogP contribution in [0, 0.1) is 0 Å². The molecular weight excluding hydrogens is 222 g/mol. The fourth-order valence-electron chi connectivity index (χ4n) is 0.918. The molecule has 1 rings (SSSR count). The fraction of sp³-hybridized carbons (Fsp3) is 0.250. The maximum atomic E-state index is 5.06. The molecule has 0 atom stereocenters. The Labute approximate surface area is 79.5 Å². The minimum absolute atomic E-state index is 0.385. The van der Waals surface area contributed by atoms with Crippen LogP contribution in [0.1, 0.15) is 5.56 Å². The summed E-state index contributed by atoms with van der Waals surface area (Å²) in [6.07, 6.45) is 0. The largest absolute Gasteiger partial charge is 0.497 e. The molecule has 0 unspecified atom stereocenters. The van der Waals surface area contributed by atoms with Crippen molar-refractivity contribution in [3.63, 3.8) is 0 Å². The number of halogens is 1. The summed E-state index contributed by atoms with van der Waals surface area (Å²) >= 11 is 3.35. The molecule has 12 heavy (non-hydrogen) atoms. The van der Waals surface area contributed by atoms with Crippen molar-refractivity contribution in [2.75, 3.05) is 7.11 Å². The summed E-state index contributed by atoms with van der Waals surface area (Å²) in [4.78, 5) is 4.51. The van der Waals surface area contributed by atoms with Crippen LogP contribution in [0.15, 0.2) is 22.7 Å². The monoisotopic (exact) mass is 231 g/mol. The van der Waals surface area contributed by atoms with Gasteiger partial charge in [0.25, 0.3) is 0 Å². The second kappa shape index (κ2) is 4.45. The molecule has 1 aromatic carbocycles. The molecule has 1 aromatic rings. The smallest absolute Gasteiger partial charge is 0.120 e. The lowest BCUT2D eigenvalue weighted by Crippen LogP contribution is -1.99. The van der Waals surface area contributed by atoms with Gasteiger partial charge in [-0.25, -0.2) is 5.90 Å². The molecule has 0 aromatic heterocycles. The van der Waals surface area contributed by atoms with Gasteiger partial charge in [-0.2, -0.15) is 0 Å². The Morgan fingerprint density at radius 3 is 2.75 bits per heavy atom. The van der Waals surface area contributed by atoms with Crippen LogP contribution >= 0.6 is 15.9 Å². The minimum atomic E-state index is 0.385. The summed E-state index contributed by atoms with van der Waals surface area (Å²) in [7, 11) is 1.62. The molecule has 2 N–H and O–H groups in total. The van der Waals surface area contributed by atoms with Gasteiger partial charge in [0.2, 0.25) is 0 Å². The van der Waals surface area contributed by atoms with Gasteiger partial charge < -0.3 is 4.74 Å². The van der Waals surface area contributed by atoms with Crippen molar-refractivity contribution in [1.29, 1.82) is 0 Å². The normalized spacial score (nSPS) is 9.92. The van der Waals surface area contributed by atoms with Crippen LogP contribution in [-0.4, -0.2) is 7.11 Å². The first-order valence-corrected chi connectivity index (χ1v) is 4.20. The second-order valence-corrected chi connectivity index (χ2v) is 3.23. The highest BCUT2D eigenvalue weighted by Crippen LogP contribution is 2.21. The molecule has 0 heterocycles. The van der Waals surface area contributed by atoms with Gasteiger partial charge in [-0.1, -0.05) is 15.9 Å². The Kier molecular flexibility index (Phi) is 3.52. The molecule has 0 spiro atoms. The van der Waals surface area contributed by atoms with Crippen LogP contribution in [0.25, 0.3) is 0 Å². The lowest BCUT2D eigenvalue weighted by atomic mass is 10.2. The topological polar surface area (TPSA) is 44.5 Å². The first kappa shape index (κ1) is 9.51. The molecule has 66 valence electrons. The minimum Gasteiger partial charge on any atom is -0.497 e. The Balaban J connectivity index is 2.90. The summed E-state index contributed by atoms with van der Waals surface area (Å²) in [6, 6.07) is 5.67. The van der Waals surface area contributed by atoms with Gasteiger partial charge in [0, 0.05) is 4.47 Å². The summed E-state index contributed by atoms with van der Waals surface area (Å²) < 4.78 is 6.01. The van der Waals surface area contributed by atoms with E-state index in [0.717, 1.165) is 15.8 Å². The Morgan fingerprint density at radius 1 is 1.42 bits per heavy atom. The van der Waals surface area contributed by atoms with Crippen molar-refractivity contribution in [3.05, 3.63) is 28.2 Å². The van der Waals surface area contributed by atoms with E-state index in [4.69, 9.17) is 10.6 Å². The molecule has 0 bridgehead atoms. The molecule has 0 aliphatic carbocycles. The standard InChI is InChI=1S/C8H10BrNO2/c1-11-8-3-6(5-12-10)2-7(9)4-8/h2-4H,5,10H2,1H3. The number of benzene rings is 1. The lowest BCUT2D eigenvalue weighted by molar-refractivity contribution is 0.124. The molecule has 0 fully saturated rings. The Bertz CT molecular complexity index is 265. The van der Waals surface area contributed by atoms with Gasteiger partial charge in [0.05, 0.1) is 13.7 Å². The molecule has 0 saturated heterocycles. The average molecular weight is 232 g/mol. The Hall–Kier alpha value is -0.580. The van der Waals surface area contributed by atoms with Gasteiger partial charge >= 0.3 is 0 Å². The quantitative estimate of drug-likeness (QED) is 0.808. The SMILES string of the molecule is COc1cc(Br)cc(CON)c1. The van der Waals surface area contributed by atoms with Crippen LogP contribution < -0.4 is 10.6 Å². The fourth-order valence-corrected chi connectivity index (χ4v) is 1.44. The second-order valence-electron chi connectivity index (χ2n) is 2.31. The first-order valence-electron chi connectivity index (χ1n) is 3.41. The van der Waals surface area contributed by atoms with E-state index in [1.165, 1.54) is 0 Å². The molecule has 0 saturated carbocycles. The van der Waals surface area contributed by atoms with E-state index in [2.05, 4.69) is 20.8 Å². The van der Waals surface area contributed by atoms with Crippen molar-refractivity contribution in [2.24, 2.45) is 5.90 Å². The predicted molar refractivity (Wildman–Crippen MR) is 49.7 cm³/mol. The molecular formula is C8H10BrNO2. The van der Waals surface area contributed by atoms with Crippen LogP contribution in [0.2, 0.25) is 0 Å². The summed E-state index contributed by atoms with van der Waals surface area (Å²) in [5.41, 5.74) is 0.976. The van der Waals surface area contributed by atoms with Gasteiger partial charge in [0.1, 0.15) is 5.75 Å². The van der Waals surface area contributed by atoms with Gasteiger partial charge in [0.15, 0.2) is 0 Å². The highest BCUT2D eigenvalue weighted by Gasteiger charge is 1.98. The molecule has 4 heteroatoms. The van der Waals surface area contributed by atoms with Crippen LogP contribution in [-0.2, 0) is 11.4 Å². The van der Waals surface area contributed by atoms with E-state index >= 15 is 0 Å². The van der Waals surface area contributed by atoms with E-state index in [0.29, 0.717) is 6.61 Å². The average Bonchev–Trinajstić information content (AvgIpc) is 2.04. The third-order valence-corrected chi connectivity index (χ3v) is 1.87. The molecule has 0 amide bonds. The highest BCUT2D eigenvalue weighted by molar-refractivity contribution is 9.10. The van der Waals surface area contributed by atoms with Crippen molar-refractivity contribution in [3.8, 4) is 5.75 Å². The molecule has 0 aliphatic rings. The zero-order chi connectivity index (χ0) is 8.97. The van der Waals surface area contributed by atoms with E-state index in [-0.39, 0.29) is 0 Å². The van der Waals surface area contributed by atoms with Crippen LogP contribution in [0.4, 0.5) is 0 Å². The summed E-state index contributed by atoms with van der Waals surface area (Å²) in [6.45, 7) is 0.385. The molecule has 0 aliphatic heterocycles. The number of nitrogens with two attached hydrogens (primary N) is 1. The zero-order valence-electron chi connectivity index (χ0n) is 6.71. The van der Waals surface area contributed by atoms with E-state index in [1.54, 1.807) is 7.11 Å². The summed E-state index contributed by atoms with van der Waals surface area (Å²) in [5.74, 6) is 5.73. The maximum absolute atomic E-state index is 5.06. The number of hydrogen-bond acceptors (Lipinski definition) is 3. The van der Waals surface area contributed by atoms with Crippen molar-refractivity contribution in [1.82, 2.24) is 0 Å². The van der Waals surface area contributed by atoms with E-state index in [1.807, 2.05) is 18.2 Å². The third kappa shape index (κ3) is 2.48. The maximum Gasteiger partial charge on any atom is 0.120 e. The number of hydrogen-bond donors (Lipinski definition) is 1. The van der Waals surface area contributed by atoms with Crippen molar-refractivity contribution >= 4 is 15.9 Å².